The molecule has 0 saturated heterocycles. The summed E-state index contributed by atoms with van der Waals surface area (Å²) >= 11 is 11.2. The van der Waals surface area contributed by atoms with Crippen LogP contribution in [0.4, 0.5) is 13.2 Å². The molecule has 9 heteroatoms. The van der Waals surface area contributed by atoms with Gasteiger partial charge in [-0.25, -0.2) is 0 Å². The topological polar surface area (TPSA) is 58.2 Å². The zero-order chi connectivity index (χ0) is 13.9. The first-order valence-corrected chi connectivity index (χ1v) is 5.10. The van der Waals surface area contributed by atoms with Crippen molar-refractivity contribution in [2.24, 2.45) is 0 Å². The van der Waals surface area contributed by atoms with Crippen molar-refractivity contribution in [2.45, 2.75) is 6.18 Å². The Morgan fingerprint density at radius 3 is 2.22 bits per heavy atom. The lowest BCUT2D eigenvalue weighted by Crippen LogP contribution is -2.47. The Labute approximate surface area is 109 Å². The molecular formula is C9H5Cl2F3N2O2. The smallest absolute Gasteiger partial charge is 0.267 e. The normalized spacial score (nSPS) is 10.9. The van der Waals surface area contributed by atoms with Crippen LogP contribution in [0.5, 0.6) is 0 Å². The predicted octanol–water partition coefficient (Wildman–Crippen LogP) is 2.32. The van der Waals surface area contributed by atoms with Gasteiger partial charge in [-0.3, -0.25) is 20.4 Å². The van der Waals surface area contributed by atoms with Crippen molar-refractivity contribution >= 4 is 35.0 Å². The lowest BCUT2D eigenvalue weighted by molar-refractivity contribution is -0.174. The Morgan fingerprint density at radius 2 is 1.72 bits per heavy atom. The molecule has 0 aliphatic rings. The van der Waals surface area contributed by atoms with Gasteiger partial charge in [0.25, 0.3) is 5.91 Å². The summed E-state index contributed by atoms with van der Waals surface area (Å²) in [6.45, 7) is 0. The first kappa shape index (κ1) is 14.6. The summed E-state index contributed by atoms with van der Waals surface area (Å²) in [4.78, 5) is 21.8. The van der Waals surface area contributed by atoms with Crippen molar-refractivity contribution in [3.05, 3.63) is 33.8 Å². The van der Waals surface area contributed by atoms with E-state index in [0.717, 1.165) is 0 Å². The first-order chi connectivity index (χ1) is 8.21. The molecule has 98 valence electrons. The summed E-state index contributed by atoms with van der Waals surface area (Å²) in [5, 5.41) is 0.206. The van der Waals surface area contributed by atoms with E-state index in [0.29, 0.717) is 0 Å². The fraction of sp³-hybridized carbons (Fsp3) is 0.111. The van der Waals surface area contributed by atoms with Gasteiger partial charge < -0.3 is 0 Å². The van der Waals surface area contributed by atoms with Crippen molar-refractivity contribution in [3.63, 3.8) is 0 Å². The summed E-state index contributed by atoms with van der Waals surface area (Å²) < 4.78 is 35.5. The number of halogens is 5. The molecule has 0 saturated carbocycles. The molecule has 2 amide bonds. The van der Waals surface area contributed by atoms with Crippen LogP contribution in [-0.2, 0) is 4.79 Å². The van der Waals surface area contributed by atoms with Crippen LogP contribution in [0.15, 0.2) is 18.2 Å². The molecule has 0 unspecified atom stereocenters. The maximum Gasteiger partial charge on any atom is 0.472 e. The third-order valence-corrected chi connectivity index (χ3v) is 2.27. The molecule has 0 heterocycles. The Hall–Kier alpha value is -1.47. The number of carbonyl (C=O) groups is 2. The lowest BCUT2D eigenvalue weighted by atomic mass is 10.2. The van der Waals surface area contributed by atoms with Gasteiger partial charge in [-0.1, -0.05) is 23.2 Å². The molecule has 0 aromatic heterocycles. The summed E-state index contributed by atoms with van der Waals surface area (Å²) in [7, 11) is 0. The number of rotatable bonds is 1. The van der Waals surface area contributed by atoms with E-state index in [1.54, 1.807) is 5.43 Å². The van der Waals surface area contributed by atoms with Crippen LogP contribution >= 0.6 is 23.2 Å². The monoisotopic (exact) mass is 300 g/mol. The number of nitrogens with one attached hydrogen (secondary N) is 2. The van der Waals surface area contributed by atoms with Crippen LogP contribution in [0.1, 0.15) is 10.4 Å². The second kappa shape index (κ2) is 5.45. The van der Waals surface area contributed by atoms with E-state index in [2.05, 4.69) is 0 Å². The van der Waals surface area contributed by atoms with Gasteiger partial charge in [0.15, 0.2) is 0 Å². The minimum absolute atomic E-state index is 0.0544. The average molecular weight is 301 g/mol. The number of alkyl halides is 3. The van der Waals surface area contributed by atoms with Gasteiger partial charge in [0.05, 0.1) is 10.6 Å². The molecule has 4 nitrogen and oxygen atoms in total. The fourth-order valence-electron chi connectivity index (χ4n) is 0.925. The minimum Gasteiger partial charge on any atom is -0.267 e. The maximum absolute atomic E-state index is 11.8. The summed E-state index contributed by atoms with van der Waals surface area (Å²) in [6.07, 6.45) is -5.09. The largest absolute Gasteiger partial charge is 0.472 e. The number of carbonyl (C=O) groups excluding carboxylic acids is 2. The quantitative estimate of drug-likeness (QED) is 0.782. The van der Waals surface area contributed by atoms with E-state index in [1.807, 2.05) is 0 Å². The predicted molar refractivity (Wildman–Crippen MR) is 58.1 cm³/mol. The number of hydrogen-bond acceptors (Lipinski definition) is 2. The van der Waals surface area contributed by atoms with Gasteiger partial charge in [-0.2, -0.15) is 13.2 Å². The van der Waals surface area contributed by atoms with E-state index < -0.39 is 18.0 Å². The van der Waals surface area contributed by atoms with Gasteiger partial charge >= 0.3 is 12.1 Å². The Kier molecular flexibility index (Phi) is 4.42. The molecule has 0 spiro atoms. The molecule has 18 heavy (non-hydrogen) atoms. The number of amides is 2. The van der Waals surface area contributed by atoms with Crippen molar-refractivity contribution < 1.29 is 22.8 Å². The molecule has 1 rings (SSSR count). The van der Waals surface area contributed by atoms with Crippen LogP contribution in [0.25, 0.3) is 0 Å². The van der Waals surface area contributed by atoms with Crippen molar-refractivity contribution in [3.8, 4) is 0 Å². The third kappa shape index (κ3) is 3.78. The third-order valence-electron chi connectivity index (χ3n) is 1.72. The lowest BCUT2D eigenvalue weighted by Gasteiger charge is -2.10. The molecule has 0 bridgehead atoms. The minimum atomic E-state index is -5.09. The van der Waals surface area contributed by atoms with Crippen LogP contribution in [0.2, 0.25) is 10.0 Å². The van der Waals surface area contributed by atoms with E-state index >= 15 is 0 Å². The zero-order valence-corrected chi connectivity index (χ0v) is 9.95. The summed E-state index contributed by atoms with van der Waals surface area (Å²) in [5.41, 5.74) is 2.67. The Balaban J connectivity index is 2.70. The molecular weight excluding hydrogens is 296 g/mol. The molecule has 0 fully saturated rings. The fourth-order valence-corrected chi connectivity index (χ4v) is 1.42. The highest BCUT2D eigenvalue weighted by Crippen LogP contribution is 2.20. The second-order valence-electron chi connectivity index (χ2n) is 3.03. The van der Waals surface area contributed by atoms with Crippen LogP contribution in [-0.4, -0.2) is 18.0 Å². The number of hydrogen-bond donors (Lipinski definition) is 2. The highest BCUT2D eigenvalue weighted by atomic mass is 35.5. The van der Waals surface area contributed by atoms with E-state index in [9.17, 15) is 22.8 Å². The van der Waals surface area contributed by atoms with Crippen LogP contribution in [0.3, 0.4) is 0 Å². The molecule has 1 aromatic rings. The standard InChI is InChI=1S/C9H5Cl2F3N2O2/c10-4-1-2-5(6(11)3-4)7(17)15-16-8(18)9(12,13)14/h1-3H,(H,15,17)(H,16,18). The van der Waals surface area contributed by atoms with Gasteiger partial charge in [0, 0.05) is 5.02 Å². The van der Waals surface area contributed by atoms with E-state index in [-0.39, 0.29) is 15.6 Å². The van der Waals surface area contributed by atoms with Crippen molar-refractivity contribution in [1.29, 1.82) is 0 Å². The molecule has 0 atom stereocenters. The van der Waals surface area contributed by atoms with Crippen LogP contribution < -0.4 is 10.9 Å². The molecule has 2 N–H and O–H groups in total. The number of benzene rings is 1. The summed E-state index contributed by atoms with van der Waals surface area (Å²) in [6, 6.07) is 3.78. The van der Waals surface area contributed by atoms with Gasteiger partial charge in [-0.15, -0.1) is 0 Å². The Morgan fingerprint density at radius 1 is 1.11 bits per heavy atom. The average Bonchev–Trinajstić information content (AvgIpc) is 2.24. The van der Waals surface area contributed by atoms with E-state index in [4.69, 9.17) is 23.2 Å². The molecule has 0 radical (unpaired) electrons. The highest BCUT2D eigenvalue weighted by Gasteiger charge is 2.39. The SMILES string of the molecule is O=C(NNC(=O)C(F)(F)F)c1ccc(Cl)cc1Cl. The van der Waals surface area contributed by atoms with Crippen molar-refractivity contribution in [2.75, 3.05) is 0 Å². The molecule has 0 aliphatic heterocycles. The van der Waals surface area contributed by atoms with E-state index in [1.165, 1.54) is 23.6 Å². The molecule has 1 aromatic carbocycles. The number of hydrazine groups is 1. The van der Waals surface area contributed by atoms with Gasteiger partial charge in [-0.05, 0) is 18.2 Å². The van der Waals surface area contributed by atoms with Gasteiger partial charge in [0.2, 0.25) is 0 Å². The second-order valence-corrected chi connectivity index (χ2v) is 3.87. The summed E-state index contributed by atoms with van der Waals surface area (Å²) in [5.74, 6) is -3.28. The maximum atomic E-state index is 11.8. The zero-order valence-electron chi connectivity index (χ0n) is 8.44. The van der Waals surface area contributed by atoms with Crippen molar-refractivity contribution in [1.82, 2.24) is 10.9 Å². The highest BCUT2D eigenvalue weighted by molar-refractivity contribution is 6.36. The van der Waals surface area contributed by atoms with Gasteiger partial charge in [0.1, 0.15) is 0 Å². The Bertz CT molecular complexity index is 491. The van der Waals surface area contributed by atoms with Crippen LogP contribution in [0, 0.1) is 0 Å². The first-order valence-electron chi connectivity index (χ1n) is 4.34. The molecule has 0 aliphatic carbocycles.